The summed E-state index contributed by atoms with van der Waals surface area (Å²) in [7, 11) is 0. The van der Waals surface area contributed by atoms with Crippen LogP contribution in [0.4, 0.5) is 13.2 Å². The van der Waals surface area contributed by atoms with Gasteiger partial charge in [-0.2, -0.15) is 34.2 Å². The molecule has 6 nitrogen and oxygen atoms in total. The molecule has 0 radical (unpaired) electrons. The molecule has 2 heterocycles. The second kappa shape index (κ2) is 14.4. The third-order valence-corrected chi connectivity index (χ3v) is 11.5. The number of hydrogen-bond donors (Lipinski definition) is 0. The molecule has 0 N–H and O–H groups in total. The Kier molecular flexibility index (Phi) is 8.70. The highest BCUT2D eigenvalue weighted by atomic mass is 19.4. The lowest BCUT2D eigenvalue weighted by atomic mass is 9.90. The lowest BCUT2D eigenvalue weighted by molar-refractivity contribution is -0.137. The molecule has 0 saturated carbocycles. The first-order valence-corrected chi connectivity index (χ1v) is 19.5. The predicted octanol–water partition coefficient (Wildman–Crippen LogP) is 13.4. The van der Waals surface area contributed by atoms with Crippen LogP contribution in [0.3, 0.4) is 0 Å². The molecule has 10 rings (SSSR count). The summed E-state index contributed by atoms with van der Waals surface area (Å²) in [6.07, 6.45) is -4.84. The fourth-order valence-electron chi connectivity index (χ4n) is 8.70. The summed E-state index contributed by atoms with van der Waals surface area (Å²) in [5.74, 6) is 0. The van der Waals surface area contributed by atoms with Gasteiger partial charge in [0.15, 0.2) is 0 Å². The maximum absolute atomic E-state index is 15.0. The molecule has 9 heteroatoms. The lowest BCUT2D eigenvalue weighted by Gasteiger charge is -2.21. The van der Waals surface area contributed by atoms with Gasteiger partial charge in [-0.05, 0) is 95.1 Å². The molecule has 0 atom stereocenters. The lowest BCUT2D eigenvalue weighted by Crippen LogP contribution is -2.10. The summed E-state index contributed by atoms with van der Waals surface area (Å²) in [6, 6.07) is 57.5. The maximum atomic E-state index is 15.0. The van der Waals surface area contributed by atoms with E-state index in [1.54, 1.807) is 36.4 Å². The van der Waals surface area contributed by atoms with Gasteiger partial charge in [-0.3, -0.25) is 0 Å². The van der Waals surface area contributed by atoms with Gasteiger partial charge in [-0.1, -0.05) is 91.0 Å². The normalized spacial score (nSPS) is 11.4. The summed E-state index contributed by atoms with van der Waals surface area (Å²) in [4.78, 5) is 0. The van der Waals surface area contributed by atoms with Gasteiger partial charge in [0, 0.05) is 32.7 Å². The van der Waals surface area contributed by atoms with Crippen molar-refractivity contribution in [2.24, 2.45) is 0 Å². The highest BCUT2D eigenvalue weighted by Crippen LogP contribution is 2.45. The molecule has 0 amide bonds. The van der Waals surface area contributed by atoms with Gasteiger partial charge in [0.1, 0.15) is 0 Å². The van der Waals surface area contributed by atoms with Gasteiger partial charge in [0.2, 0.25) is 0 Å². The number of benzene rings is 8. The minimum absolute atomic E-state index is 0.0380. The van der Waals surface area contributed by atoms with Crippen molar-refractivity contribution in [2.75, 3.05) is 0 Å². The minimum Gasteiger partial charge on any atom is -0.307 e. The number of alkyl halides is 3. The third-order valence-electron chi connectivity index (χ3n) is 11.5. The molecule has 0 saturated heterocycles. The molecule has 0 aliphatic rings. The van der Waals surface area contributed by atoms with Crippen molar-refractivity contribution in [1.82, 2.24) is 9.13 Å². The van der Waals surface area contributed by atoms with Crippen LogP contribution in [0.25, 0.3) is 88.4 Å². The van der Waals surface area contributed by atoms with Crippen LogP contribution in [-0.4, -0.2) is 9.13 Å². The molecule has 8 aromatic carbocycles. The highest BCUT2D eigenvalue weighted by Gasteiger charge is 2.36. The van der Waals surface area contributed by atoms with E-state index in [0.29, 0.717) is 22.5 Å². The molecule has 0 aliphatic heterocycles. The number of rotatable bonds is 5. The molecule has 0 bridgehead atoms. The number of nitriles is 4. The fraction of sp³-hybridized carbons (Fsp3) is 0.0189. The number of nitrogens with zero attached hydrogens (tertiary/aromatic N) is 6. The number of aromatic nitrogens is 2. The van der Waals surface area contributed by atoms with Crippen molar-refractivity contribution in [1.29, 1.82) is 21.0 Å². The van der Waals surface area contributed by atoms with E-state index >= 15 is 0 Å². The molecule has 0 aliphatic carbocycles. The Balaban J connectivity index is 1.37. The largest absolute Gasteiger partial charge is 0.417 e. The minimum atomic E-state index is -4.84. The van der Waals surface area contributed by atoms with E-state index in [-0.39, 0.29) is 22.3 Å². The van der Waals surface area contributed by atoms with E-state index in [1.807, 2.05) is 124 Å². The molecule has 2 aromatic heterocycles. The molecule has 290 valence electrons. The van der Waals surface area contributed by atoms with E-state index in [1.165, 1.54) is 12.1 Å². The number of halogens is 3. The second-order valence-corrected chi connectivity index (χ2v) is 14.9. The van der Waals surface area contributed by atoms with E-state index in [2.05, 4.69) is 18.2 Å². The zero-order valence-corrected chi connectivity index (χ0v) is 32.4. The van der Waals surface area contributed by atoms with E-state index in [4.69, 9.17) is 0 Å². The van der Waals surface area contributed by atoms with Gasteiger partial charge in [0.25, 0.3) is 0 Å². The van der Waals surface area contributed by atoms with Crippen LogP contribution in [-0.2, 0) is 6.18 Å². The van der Waals surface area contributed by atoms with Crippen molar-refractivity contribution in [2.45, 2.75) is 6.18 Å². The molecule has 10 aromatic rings. The van der Waals surface area contributed by atoms with Gasteiger partial charge < -0.3 is 9.13 Å². The van der Waals surface area contributed by atoms with Gasteiger partial charge >= 0.3 is 6.18 Å². The smallest absolute Gasteiger partial charge is 0.307 e. The van der Waals surface area contributed by atoms with Crippen molar-refractivity contribution >= 4 is 43.6 Å². The van der Waals surface area contributed by atoms with Crippen LogP contribution < -0.4 is 0 Å². The highest BCUT2D eigenvalue weighted by molar-refractivity contribution is 6.13. The third kappa shape index (κ3) is 5.93. The van der Waals surface area contributed by atoms with E-state index in [0.717, 1.165) is 71.9 Å². The topological polar surface area (TPSA) is 105 Å². The van der Waals surface area contributed by atoms with Crippen LogP contribution in [0, 0.1) is 45.3 Å². The van der Waals surface area contributed by atoms with Crippen LogP contribution in [0.1, 0.15) is 27.8 Å². The zero-order chi connectivity index (χ0) is 42.7. The quantitative estimate of drug-likeness (QED) is 0.173. The monoisotopic (exact) mass is 804 g/mol. The molecular weight excluding hydrogens is 778 g/mol. The average molecular weight is 805 g/mol. The second-order valence-electron chi connectivity index (χ2n) is 14.9. The fourth-order valence-corrected chi connectivity index (χ4v) is 8.70. The molecule has 0 fully saturated rings. The predicted molar refractivity (Wildman–Crippen MR) is 235 cm³/mol. The first-order valence-electron chi connectivity index (χ1n) is 19.5. The van der Waals surface area contributed by atoms with Gasteiger partial charge in [0.05, 0.1) is 85.5 Å². The molecule has 0 spiro atoms. The van der Waals surface area contributed by atoms with Crippen molar-refractivity contribution < 1.29 is 13.2 Å². The number of hydrogen-bond acceptors (Lipinski definition) is 4. The molecule has 62 heavy (non-hydrogen) atoms. The number of fused-ring (bicyclic) bond motifs is 6. The first kappa shape index (κ1) is 37.4. The Labute approximate surface area is 352 Å². The van der Waals surface area contributed by atoms with Gasteiger partial charge in [-0.25, -0.2) is 0 Å². The summed E-state index contributed by atoms with van der Waals surface area (Å²) in [5, 5.41) is 43.8. The van der Waals surface area contributed by atoms with Crippen LogP contribution in [0.5, 0.6) is 0 Å². The maximum Gasteiger partial charge on any atom is 0.417 e. The molecule has 0 unspecified atom stereocenters. The SMILES string of the molecule is N#Cc1ccc(-c2ccc3c4ccccc4n(-c4cc(C#N)c(-c5c(C#N)cccc5C(F)(F)F)cc4-n4c5ccccc5c5ccc(-c6ccc(C#N)cc6)cc54)c3c2)cc1. The first-order chi connectivity index (χ1) is 30.2. The average Bonchev–Trinajstić information content (AvgIpc) is 3.82. The van der Waals surface area contributed by atoms with E-state index < -0.39 is 11.7 Å². The Bertz CT molecular complexity index is 3660. The van der Waals surface area contributed by atoms with Crippen LogP contribution in [0.15, 0.2) is 164 Å². The van der Waals surface area contributed by atoms with Crippen LogP contribution >= 0.6 is 0 Å². The summed E-state index contributed by atoms with van der Waals surface area (Å²) in [5.41, 5.74) is 6.84. The van der Waals surface area contributed by atoms with Crippen molar-refractivity contribution in [3.63, 3.8) is 0 Å². The van der Waals surface area contributed by atoms with Crippen molar-refractivity contribution in [3.05, 3.63) is 192 Å². The summed E-state index contributed by atoms with van der Waals surface area (Å²) in [6.45, 7) is 0. The summed E-state index contributed by atoms with van der Waals surface area (Å²) >= 11 is 0. The van der Waals surface area contributed by atoms with Gasteiger partial charge in [-0.15, -0.1) is 0 Å². The Hall–Kier alpha value is -8.89. The Morgan fingerprint density at radius 2 is 0.839 bits per heavy atom. The van der Waals surface area contributed by atoms with E-state index in [9.17, 15) is 34.2 Å². The summed E-state index contributed by atoms with van der Waals surface area (Å²) < 4.78 is 49.0. The standard InChI is InChI=1S/C53H27F3N6/c54-53(55,56)45-9-5-6-38(30-59)52(45)44-27-51(62-47-11-4-2-8-41(47)43-23-21-37(25-49(43)62)35-18-14-33(29-58)15-19-35)50(26-39(44)31-60)61-46-10-3-1-7-40(46)42-22-20-36(24-48(42)61)34-16-12-32(28-57)13-17-34/h1-27H. The van der Waals surface area contributed by atoms with Crippen molar-refractivity contribution in [3.8, 4) is 69.0 Å². The number of para-hydroxylation sites is 2. The zero-order valence-electron chi connectivity index (χ0n) is 32.4. The molecular formula is C53H27F3N6. The Morgan fingerprint density at radius 1 is 0.387 bits per heavy atom. The van der Waals surface area contributed by atoms with Crippen LogP contribution in [0.2, 0.25) is 0 Å². The Morgan fingerprint density at radius 3 is 1.31 bits per heavy atom.